The average molecular weight is 443 g/mol. The molecule has 2 aromatic rings. The minimum Gasteiger partial charge on any atom is -0.495 e. The van der Waals surface area contributed by atoms with Crippen molar-refractivity contribution in [3.05, 3.63) is 24.3 Å². The van der Waals surface area contributed by atoms with Gasteiger partial charge in [-0.3, -0.25) is 9.36 Å². The number of amides is 1. The molecule has 2 heterocycles. The number of piperidine rings is 1. The topological polar surface area (TPSA) is 72.3 Å². The first-order chi connectivity index (χ1) is 14.3. The van der Waals surface area contributed by atoms with Gasteiger partial charge < -0.3 is 15.0 Å². The zero-order valence-electron chi connectivity index (χ0n) is 16.8. The number of anilines is 1. The van der Waals surface area contributed by atoms with Gasteiger partial charge in [-0.25, -0.2) is 0 Å². The SMILES string of the molecule is COc1ccccc1-n1c(S[C@@H](C)C(=O)NCC(F)(F)F)nnc1N1CCCCC1. The molecule has 1 aliphatic rings. The number of hydrogen-bond donors (Lipinski definition) is 1. The number of para-hydroxylation sites is 2. The molecule has 3 rings (SSSR count). The number of aromatic nitrogens is 3. The molecule has 0 spiro atoms. The van der Waals surface area contributed by atoms with Crippen LogP contribution in [0.1, 0.15) is 26.2 Å². The number of carbonyl (C=O) groups is 1. The molecular formula is C19H24F3N5O2S. The highest BCUT2D eigenvalue weighted by molar-refractivity contribution is 8.00. The summed E-state index contributed by atoms with van der Waals surface area (Å²) < 4.78 is 44.5. The average Bonchev–Trinajstić information content (AvgIpc) is 3.15. The van der Waals surface area contributed by atoms with Gasteiger partial charge in [-0.05, 0) is 38.3 Å². The molecule has 7 nitrogen and oxygen atoms in total. The predicted molar refractivity (Wildman–Crippen MR) is 108 cm³/mol. The van der Waals surface area contributed by atoms with Crippen LogP contribution in [0.25, 0.3) is 5.69 Å². The number of benzene rings is 1. The van der Waals surface area contributed by atoms with E-state index in [1.165, 1.54) is 6.92 Å². The fraction of sp³-hybridized carbons (Fsp3) is 0.526. The van der Waals surface area contributed by atoms with Crippen LogP contribution >= 0.6 is 11.8 Å². The molecule has 164 valence electrons. The number of halogens is 3. The summed E-state index contributed by atoms with van der Waals surface area (Å²) in [5, 5.41) is 10.1. The van der Waals surface area contributed by atoms with E-state index in [1.54, 1.807) is 7.11 Å². The van der Waals surface area contributed by atoms with Crippen LogP contribution in [0.15, 0.2) is 29.4 Å². The maximum absolute atomic E-state index is 12.4. The Bertz CT molecular complexity index is 868. The van der Waals surface area contributed by atoms with Gasteiger partial charge in [0, 0.05) is 13.1 Å². The fourth-order valence-electron chi connectivity index (χ4n) is 3.21. The molecular weight excluding hydrogens is 419 g/mol. The molecule has 11 heteroatoms. The Labute approximate surface area is 177 Å². The maximum atomic E-state index is 12.4. The van der Waals surface area contributed by atoms with Crippen molar-refractivity contribution in [2.45, 2.75) is 42.8 Å². The predicted octanol–water partition coefficient (Wildman–Crippen LogP) is 3.43. The van der Waals surface area contributed by atoms with Crippen molar-refractivity contribution < 1.29 is 22.7 Å². The van der Waals surface area contributed by atoms with Crippen molar-refractivity contribution in [3.63, 3.8) is 0 Å². The molecule has 1 aliphatic heterocycles. The van der Waals surface area contributed by atoms with Gasteiger partial charge in [-0.1, -0.05) is 23.9 Å². The third-order valence-electron chi connectivity index (χ3n) is 4.70. The largest absolute Gasteiger partial charge is 0.495 e. The monoisotopic (exact) mass is 443 g/mol. The molecule has 1 N–H and O–H groups in total. The number of ether oxygens (including phenoxy) is 1. The van der Waals surface area contributed by atoms with Crippen LogP contribution in [0.4, 0.5) is 19.1 Å². The number of methoxy groups -OCH3 is 1. The van der Waals surface area contributed by atoms with Crippen LogP contribution in [0.2, 0.25) is 0 Å². The van der Waals surface area contributed by atoms with Gasteiger partial charge in [0.1, 0.15) is 12.3 Å². The van der Waals surface area contributed by atoms with Gasteiger partial charge in [0.2, 0.25) is 11.9 Å². The highest BCUT2D eigenvalue weighted by Crippen LogP contribution is 2.34. The van der Waals surface area contributed by atoms with E-state index < -0.39 is 23.9 Å². The van der Waals surface area contributed by atoms with Crippen LogP contribution < -0.4 is 15.0 Å². The zero-order valence-corrected chi connectivity index (χ0v) is 17.6. The van der Waals surface area contributed by atoms with E-state index in [4.69, 9.17) is 4.74 Å². The van der Waals surface area contributed by atoms with Gasteiger partial charge in [0.05, 0.1) is 18.0 Å². The first kappa shape index (κ1) is 22.3. The molecule has 0 aliphatic carbocycles. The molecule has 0 radical (unpaired) electrons. The van der Waals surface area contributed by atoms with Gasteiger partial charge in [-0.2, -0.15) is 13.2 Å². The summed E-state index contributed by atoms with van der Waals surface area (Å²) in [5.41, 5.74) is 0.705. The van der Waals surface area contributed by atoms with Gasteiger partial charge >= 0.3 is 6.18 Å². The number of thioether (sulfide) groups is 1. The lowest BCUT2D eigenvalue weighted by Crippen LogP contribution is -2.38. The van der Waals surface area contributed by atoms with Crippen molar-refractivity contribution in [1.29, 1.82) is 0 Å². The molecule has 0 unspecified atom stereocenters. The third kappa shape index (κ3) is 5.38. The lowest BCUT2D eigenvalue weighted by molar-refractivity contribution is -0.137. The molecule has 30 heavy (non-hydrogen) atoms. The maximum Gasteiger partial charge on any atom is 0.405 e. The van der Waals surface area contributed by atoms with Crippen molar-refractivity contribution in [3.8, 4) is 11.4 Å². The first-order valence-corrected chi connectivity index (χ1v) is 10.5. The summed E-state index contributed by atoms with van der Waals surface area (Å²) >= 11 is 1.06. The van der Waals surface area contributed by atoms with Crippen molar-refractivity contribution in [1.82, 2.24) is 20.1 Å². The molecule has 1 amide bonds. The second-order valence-corrected chi connectivity index (χ2v) is 8.24. The Kier molecular flexibility index (Phi) is 7.11. The highest BCUT2D eigenvalue weighted by atomic mass is 32.2. The molecule has 1 aromatic heterocycles. The molecule has 1 saturated heterocycles. The van der Waals surface area contributed by atoms with E-state index >= 15 is 0 Å². The Morgan fingerprint density at radius 3 is 2.60 bits per heavy atom. The van der Waals surface area contributed by atoms with Crippen LogP contribution in [0, 0.1) is 0 Å². The Hall–Kier alpha value is -2.43. The van der Waals surface area contributed by atoms with E-state index in [-0.39, 0.29) is 0 Å². The van der Waals surface area contributed by atoms with Crippen LogP contribution in [0.3, 0.4) is 0 Å². The number of rotatable bonds is 7. The molecule has 1 atom stereocenters. The summed E-state index contributed by atoms with van der Waals surface area (Å²) in [4.78, 5) is 14.3. The van der Waals surface area contributed by atoms with Gasteiger partial charge in [0.15, 0.2) is 5.16 Å². The Morgan fingerprint density at radius 1 is 1.23 bits per heavy atom. The van der Waals surface area contributed by atoms with E-state index in [0.717, 1.165) is 44.1 Å². The van der Waals surface area contributed by atoms with E-state index in [9.17, 15) is 18.0 Å². The molecule has 1 aromatic carbocycles. The summed E-state index contributed by atoms with van der Waals surface area (Å²) in [5.74, 6) is 0.516. The minimum atomic E-state index is -4.46. The van der Waals surface area contributed by atoms with E-state index in [0.29, 0.717) is 22.5 Å². The second kappa shape index (κ2) is 9.59. The number of hydrogen-bond acceptors (Lipinski definition) is 6. The van der Waals surface area contributed by atoms with Crippen LogP contribution in [-0.2, 0) is 4.79 Å². The standard InChI is InChI=1S/C19H24F3N5O2S/c1-13(16(28)23-12-19(20,21)22)30-18-25-24-17(26-10-6-3-7-11-26)27(18)14-8-4-5-9-15(14)29-2/h4-5,8-9,13H,3,6-7,10-12H2,1-2H3,(H,23,28)/t13-/m0/s1. The quantitative estimate of drug-likeness (QED) is 0.661. The summed E-state index contributed by atoms with van der Waals surface area (Å²) in [6.45, 7) is 1.84. The van der Waals surface area contributed by atoms with Crippen molar-refractivity contribution in [2.75, 3.05) is 31.6 Å². The number of alkyl halides is 3. The Balaban J connectivity index is 1.90. The zero-order chi connectivity index (χ0) is 21.7. The van der Waals surface area contributed by atoms with Gasteiger partial charge in [0.25, 0.3) is 0 Å². The van der Waals surface area contributed by atoms with Gasteiger partial charge in [-0.15, -0.1) is 10.2 Å². The minimum absolute atomic E-state index is 0.412. The van der Waals surface area contributed by atoms with Crippen molar-refractivity contribution in [2.24, 2.45) is 0 Å². The van der Waals surface area contributed by atoms with E-state index in [1.807, 2.05) is 34.1 Å². The van der Waals surface area contributed by atoms with Crippen LogP contribution in [-0.4, -0.2) is 58.8 Å². The second-order valence-electron chi connectivity index (χ2n) is 6.93. The lowest BCUT2D eigenvalue weighted by atomic mass is 10.1. The molecule has 0 saturated carbocycles. The summed E-state index contributed by atoms with van der Waals surface area (Å²) in [6.07, 6.45) is -1.23. The molecule has 0 bridgehead atoms. The highest BCUT2D eigenvalue weighted by Gasteiger charge is 2.30. The smallest absolute Gasteiger partial charge is 0.405 e. The Morgan fingerprint density at radius 2 is 1.93 bits per heavy atom. The van der Waals surface area contributed by atoms with Crippen molar-refractivity contribution >= 4 is 23.6 Å². The third-order valence-corrected chi connectivity index (χ3v) is 5.74. The summed E-state index contributed by atoms with van der Waals surface area (Å²) in [7, 11) is 1.56. The normalized spacial score (nSPS) is 15.7. The first-order valence-electron chi connectivity index (χ1n) is 9.65. The molecule has 1 fully saturated rings. The summed E-state index contributed by atoms with van der Waals surface area (Å²) in [6, 6.07) is 7.36. The van der Waals surface area contributed by atoms with E-state index in [2.05, 4.69) is 15.1 Å². The fourth-order valence-corrected chi connectivity index (χ4v) is 4.09. The van der Waals surface area contributed by atoms with Crippen LogP contribution in [0.5, 0.6) is 5.75 Å². The lowest BCUT2D eigenvalue weighted by Gasteiger charge is -2.28. The number of carbonyl (C=O) groups excluding carboxylic acids is 1. The number of nitrogens with zero attached hydrogens (tertiary/aromatic N) is 4. The number of nitrogens with one attached hydrogen (secondary N) is 1.